The van der Waals surface area contributed by atoms with Crippen LogP contribution in [0.15, 0.2) is 0 Å². The molecule has 0 aliphatic heterocycles. The molecular weight excluding hydrogens is 167 g/mol. The van der Waals surface area contributed by atoms with E-state index in [1.807, 2.05) is 0 Å². The number of halogens is 2. The summed E-state index contributed by atoms with van der Waals surface area (Å²) in [5, 5.41) is 0. The molecule has 0 heterocycles. The van der Waals surface area contributed by atoms with E-state index < -0.39 is 21.0 Å². The van der Waals surface area contributed by atoms with Crippen LogP contribution in [-0.4, -0.2) is 9.32 Å². The second kappa shape index (κ2) is 2.76. The van der Waals surface area contributed by atoms with Crippen molar-refractivity contribution in [3.8, 4) is 0 Å². The molecule has 0 aliphatic carbocycles. The van der Waals surface area contributed by atoms with Crippen molar-refractivity contribution in [2.24, 2.45) is 0 Å². The van der Waals surface area contributed by atoms with E-state index in [1.165, 1.54) is 0 Å². The summed E-state index contributed by atoms with van der Waals surface area (Å²) in [6.45, 7) is 0. The van der Waals surface area contributed by atoms with Crippen LogP contribution in [0.1, 0.15) is 0 Å². The minimum absolute atomic E-state index is 2.87. The number of hydrogen-bond donors (Lipinski definition) is 2. The van der Waals surface area contributed by atoms with Crippen LogP contribution >= 0.6 is 0 Å². The molecule has 0 saturated heterocycles. The Bertz CT molecular complexity index is 61.4. The van der Waals surface area contributed by atoms with Crippen molar-refractivity contribution in [2.45, 2.75) is 0 Å². The van der Waals surface area contributed by atoms with Gasteiger partial charge in [-0.3, -0.25) is 0 Å². The van der Waals surface area contributed by atoms with E-state index in [2.05, 4.69) is 3.84 Å². The van der Waals surface area contributed by atoms with Gasteiger partial charge in [0.25, 0.3) is 0 Å². The fraction of sp³-hybridized carbons (Fsp3) is 0. The van der Waals surface area contributed by atoms with Crippen molar-refractivity contribution < 1.29 is 48.2 Å². The monoisotopic (exact) mass is 168 g/mol. The van der Waals surface area contributed by atoms with Crippen LogP contribution in [0, 0.1) is 21.0 Å². The fourth-order valence-electron chi connectivity index (χ4n) is 0.0620. The first-order valence-electron chi connectivity index (χ1n) is 1.11. The maximum absolute atomic E-state index is 9.46. The molecule has 0 atom stereocenters. The first-order valence-corrected chi connectivity index (χ1v) is 3.33. The summed E-state index contributed by atoms with van der Waals surface area (Å²) >= 11 is 0. The molecule has 0 radical (unpaired) electrons. The van der Waals surface area contributed by atoms with Crippen molar-refractivity contribution >= 4 is 0 Å². The zero-order valence-electron chi connectivity index (χ0n) is 3.28. The van der Waals surface area contributed by atoms with E-state index in [9.17, 15) is 14.0 Å². The van der Waals surface area contributed by atoms with E-state index in [0.717, 1.165) is 0 Å². The van der Waals surface area contributed by atoms with E-state index in [-0.39, 0.29) is 0 Å². The molecule has 0 aliphatic rings. The average Bonchev–Trinajstić information content (AvgIpc) is 1.21. The van der Waals surface area contributed by atoms with Gasteiger partial charge in [-0.15, -0.1) is 0 Å². The molecule has 52 valence electrons. The summed E-state index contributed by atoms with van der Waals surface area (Å²) in [4.78, 5) is 0. The standard InChI is InChI=1S/Cl2H2O6/c3-1(4)8-2(5,6)7/h5-6H. The summed E-state index contributed by atoms with van der Waals surface area (Å²) in [6.07, 6.45) is 0. The molecule has 6 nitrogen and oxygen atoms in total. The van der Waals surface area contributed by atoms with Crippen molar-refractivity contribution in [2.75, 3.05) is 0 Å². The molecule has 0 spiro atoms. The van der Waals surface area contributed by atoms with Gasteiger partial charge in [0.15, 0.2) is 0 Å². The first-order chi connectivity index (χ1) is 3.42. The zero-order valence-corrected chi connectivity index (χ0v) is 4.80. The van der Waals surface area contributed by atoms with Crippen LogP contribution in [0.5, 0.6) is 0 Å². The van der Waals surface area contributed by atoms with Gasteiger partial charge in [0.05, 0.1) is 0 Å². The average molecular weight is 169 g/mol. The SMILES string of the molecule is [O-][Cl+2]([O-])O[Cl+]([O-])(O)O. The third-order valence-corrected chi connectivity index (χ3v) is 1.11. The molecule has 8 heteroatoms. The Kier molecular flexibility index (Phi) is 2.88. The summed E-state index contributed by atoms with van der Waals surface area (Å²) in [6, 6.07) is 0. The summed E-state index contributed by atoms with van der Waals surface area (Å²) in [7, 11) is -7.22. The molecule has 2 N–H and O–H groups in total. The Morgan fingerprint density at radius 2 is 1.75 bits per heavy atom. The Balaban J connectivity index is 3.39. The normalized spacial score (nSPS) is 14.8. The zero-order chi connectivity index (χ0) is 6.78. The van der Waals surface area contributed by atoms with E-state index in [4.69, 9.17) is 9.32 Å². The van der Waals surface area contributed by atoms with Crippen LogP contribution in [0.25, 0.3) is 0 Å². The summed E-state index contributed by atoms with van der Waals surface area (Å²) in [5.74, 6) is 0. The third kappa shape index (κ3) is 6.34. The van der Waals surface area contributed by atoms with Crippen LogP contribution < -0.4 is 14.0 Å². The molecule has 0 rings (SSSR count). The Morgan fingerprint density at radius 3 is 1.75 bits per heavy atom. The molecule has 0 amide bonds. The molecule has 0 bridgehead atoms. The van der Waals surface area contributed by atoms with Crippen LogP contribution in [0.2, 0.25) is 0 Å². The predicted octanol–water partition coefficient (Wildman–Crippen LogP) is -4.75. The molecule has 0 unspecified atom stereocenters. The molecule has 8 heavy (non-hydrogen) atoms. The fourth-order valence-corrected chi connectivity index (χ4v) is 0.558. The van der Waals surface area contributed by atoms with Crippen LogP contribution in [0.3, 0.4) is 0 Å². The third-order valence-electron chi connectivity index (χ3n) is 0.124. The summed E-state index contributed by atoms with van der Waals surface area (Å²) < 4.78 is 46.1. The molecule has 0 fully saturated rings. The van der Waals surface area contributed by atoms with E-state index in [0.29, 0.717) is 0 Å². The number of hydrogen-bond acceptors (Lipinski definition) is 6. The van der Waals surface area contributed by atoms with E-state index in [1.54, 1.807) is 0 Å². The van der Waals surface area contributed by atoms with Crippen molar-refractivity contribution in [3.05, 3.63) is 0 Å². The second-order valence-corrected chi connectivity index (χ2v) is 2.34. The molecule has 0 aromatic carbocycles. The van der Waals surface area contributed by atoms with Crippen LogP contribution in [-0.2, 0) is 3.84 Å². The minimum atomic E-state index is -4.35. The molecule has 0 aromatic rings. The van der Waals surface area contributed by atoms with Gasteiger partial charge in [0, 0.05) is 0 Å². The van der Waals surface area contributed by atoms with Gasteiger partial charge in [-0.1, -0.05) is 0 Å². The quantitative estimate of drug-likeness (QED) is 0.428. The van der Waals surface area contributed by atoms with E-state index >= 15 is 0 Å². The Morgan fingerprint density at radius 1 is 1.38 bits per heavy atom. The van der Waals surface area contributed by atoms with Gasteiger partial charge in [-0.2, -0.15) is 0 Å². The Labute approximate surface area is 49.1 Å². The molecule has 0 aromatic heterocycles. The predicted molar refractivity (Wildman–Crippen MR) is 5.52 cm³/mol. The van der Waals surface area contributed by atoms with Crippen LogP contribution in [0.4, 0.5) is 0 Å². The van der Waals surface area contributed by atoms with Gasteiger partial charge in [0.2, 0.25) is 0 Å². The van der Waals surface area contributed by atoms with Gasteiger partial charge >= 0.3 is 48.2 Å². The summed E-state index contributed by atoms with van der Waals surface area (Å²) in [5.41, 5.74) is 0. The van der Waals surface area contributed by atoms with Crippen molar-refractivity contribution in [1.82, 2.24) is 0 Å². The van der Waals surface area contributed by atoms with Gasteiger partial charge in [-0.05, 0) is 0 Å². The van der Waals surface area contributed by atoms with Gasteiger partial charge in [-0.25, -0.2) is 0 Å². The first kappa shape index (κ1) is 8.34. The molecular formula is H2Cl2O6. The maximum atomic E-state index is 9.46. The second-order valence-electron chi connectivity index (χ2n) is 0.662. The topological polar surface area (TPSA) is 119 Å². The Hall–Kier alpha value is 0.340. The van der Waals surface area contributed by atoms with Crippen molar-refractivity contribution in [1.29, 1.82) is 0 Å². The van der Waals surface area contributed by atoms with Crippen molar-refractivity contribution in [3.63, 3.8) is 0 Å². The number of rotatable bonds is 2. The van der Waals surface area contributed by atoms with Gasteiger partial charge in [0.1, 0.15) is 0 Å². The molecule has 0 saturated carbocycles. The van der Waals surface area contributed by atoms with Gasteiger partial charge < -0.3 is 0 Å².